The van der Waals surface area contributed by atoms with E-state index in [2.05, 4.69) is 15.3 Å². The lowest BCUT2D eigenvalue weighted by Crippen LogP contribution is -2.41. The molecular weight excluding hydrogens is 440 g/mol. The van der Waals surface area contributed by atoms with Gasteiger partial charge in [0.2, 0.25) is 5.92 Å². The number of benzene rings is 1. The van der Waals surface area contributed by atoms with Crippen molar-refractivity contribution >= 4 is 17.7 Å². The van der Waals surface area contributed by atoms with Crippen molar-refractivity contribution in [2.45, 2.75) is 38.3 Å². The minimum Gasteiger partial charge on any atom is -0.493 e. The molecule has 1 saturated carbocycles. The van der Waals surface area contributed by atoms with E-state index in [1.165, 1.54) is 6.21 Å². The predicted octanol–water partition coefficient (Wildman–Crippen LogP) is 4.82. The van der Waals surface area contributed by atoms with E-state index in [-0.39, 0.29) is 25.4 Å². The molecule has 34 heavy (non-hydrogen) atoms. The molecule has 4 rings (SSSR count). The number of ether oxygens (including phenoxy) is 1. The highest BCUT2D eigenvalue weighted by Crippen LogP contribution is 2.47. The van der Waals surface area contributed by atoms with Crippen LogP contribution in [0.15, 0.2) is 48.5 Å². The van der Waals surface area contributed by atoms with Crippen molar-refractivity contribution in [3.8, 4) is 17.0 Å². The SMILES string of the molecule is CCOc1cc(-c2cccc([C@H](N)C3CC(F)(F)C3)n2)cc(Nc2cccc(CO)n2)c1C=N. The van der Waals surface area contributed by atoms with E-state index in [0.717, 1.165) is 0 Å². The highest BCUT2D eigenvalue weighted by atomic mass is 19.3. The summed E-state index contributed by atoms with van der Waals surface area (Å²) < 4.78 is 32.5. The second-order valence-corrected chi connectivity index (χ2v) is 8.31. The lowest BCUT2D eigenvalue weighted by molar-refractivity contribution is -0.117. The van der Waals surface area contributed by atoms with Crippen LogP contribution in [0.4, 0.5) is 20.3 Å². The molecule has 1 aliphatic carbocycles. The lowest BCUT2D eigenvalue weighted by atomic mass is 9.75. The molecule has 1 fully saturated rings. The van der Waals surface area contributed by atoms with E-state index in [4.69, 9.17) is 15.9 Å². The van der Waals surface area contributed by atoms with Gasteiger partial charge in [0.15, 0.2) is 0 Å². The fraction of sp³-hybridized carbons (Fsp3) is 0.320. The van der Waals surface area contributed by atoms with Crippen molar-refractivity contribution < 1.29 is 18.6 Å². The van der Waals surface area contributed by atoms with Crippen LogP contribution >= 0.6 is 0 Å². The van der Waals surface area contributed by atoms with Gasteiger partial charge < -0.3 is 26.3 Å². The zero-order valence-electron chi connectivity index (χ0n) is 18.8. The largest absolute Gasteiger partial charge is 0.493 e. The number of nitrogens with zero attached hydrogens (tertiary/aromatic N) is 2. The third-order valence-electron chi connectivity index (χ3n) is 5.86. The van der Waals surface area contributed by atoms with Gasteiger partial charge in [0.05, 0.1) is 47.6 Å². The zero-order chi connectivity index (χ0) is 24.3. The first kappa shape index (κ1) is 23.7. The first-order valence-electron chi connectivity index (χ1n) is 11.1. The molecule has 0 aliphatic heterocycles. The highest BCUT2D eigenvalue weighted by molar-refractivity contribution is 5.93. The van der Waals surface area contributed by atoms with E-state index in [9.17, 15) is 13.9 Å². The number of rotatable bonds is 9. The van der Waals surface area contributed by atoms with Crippen LogP contribution in [0, 0.1) is 11.3 Å². The first-order chi connectivity index (χ1) is 16.3. The molecule has 1 aliphatic rings. The van der Waals surface area contributed by atoms with Crippen LogP contribution in [0.2, 0.25) is 0 Å². The van der Waals surface area contributed by atoms with Crippen LogP contribution in [0.25, 0.3) is 11.3 Å². The monoisotopic (exact) mass is 467 g/mol. The second kappa shape index (κ2) is 9.82. The number of aliphatic hydroxyl groups is 1. The molecule has 0 radical (unpaired) electrons. The summed E-state index contributed by atoms with van der Waals surface area (Å²) in [6.45, 7) is 2.06. The normalized spacial score (nSPS) is 15.9. The van der Waals surface area contributed by atoms with Crippen molar-refractivity contribution in [2.75, 3.05) is 11.9 Å². The molecule has 1 aromatic carbocycles. The third kappa shape index (κ3) is 5.05. The molecule has 0 saturated heterocycles. The molecule has 2 heterocycles. The van der Waals surface area contributed by atoms with E-state index in [0.29, 0.717) is 52.1 Å². The van der Waals surface area contributed by atoms with Gasteiger partial charge in [0, 0.05) is 24.6 Å². The van der Waals surface area contributed by atoms with Crippen LogP contribution in [0.3, 0.4) is 0 Å². The number of halogens is 2. The molecule has 2 aromatic heterocycles. The number of nitrogens with two attached hydrogens (primary N) is 1. The number of aromatic nitrogens is 2. The van der Waals surface area contributed by atoms with Crippen LogP contribution in [-0.2, 0) is 6.61 Å². The summed E-state index contributed by atoms with van der Waals surface area (Å²) in [6.07, 6.45) is 0.747. The Morgan fingerprint density at radius 2 is 2.00 bits per heavy atom. The highest BCUT2D eigenvalue weighted by Gasteiger charge is 2.48. The maximum atomic E-state index is 13.3. The molecule has 0 bridgehead atoms. The minimum absolute atomic E-state index is 0.193. The van der Waals surface area contributed by atoms with E-state index >= 15 is 0 Å². The fourth-order valence-corrected chi connectivity index (χ4v) is 4.08. The Kier molecular flexibility index (Phi) is 6.85. The molecular formula is C25H27F2N5O2. The van der Waals surface area contributed by atoms with Crippen LogP contribution < -0.4 is 15.8 Å². The standard InChI is InChI=1S/C25H27F2N5O2/c1-2-34-22-10-15(9-21(18(22)13-28)32-23-8-3-5-17(14-33)30-23)19-6-4-7-20(31-19)24(29)16-11-25(26,27)12-16/h3-10,13,16,24,28,33H,2,11-12,14,29H2,1H3,(H,30,32)/t24-/m1/s1. The summed E-state index contributed by atoms with van der Waals surface area (Å²) in [6, 6.07) is 13.7. The Morgan fingerprint density at radius 1 is 1.24 bits per heavy atom. The van der Waals surface area contributed by atoms with Gasteiger partial charge in [-0.2, -0.15) is 0 Å². The van der Waals surface area contributed by atoms with Gasteiger partial charge in [-0.15, -0.1) is 0 Å². The lowest BCUT2D eigenvalue weighted by Gasteiger charge is -2.38. The molecule has 9 heteroatoms. The fourth-order valence-electron chi connectivity index (χ4n) is 4.08. The third-order valence-corrected chi connectivity index (χ3v) is 5.86. The summed E-state index contributed by atoms with van der Waals surface area (Å²) >= 11 is 0. The van der Waals surface area contributed by atoms with E-state index < -0.39 is 12.0 Å². The van der Waals surface area contributed by atoms with Crippen LogP contribution in [0.1, 0.15) is 42.8 Å². The van der Waals surface area contributed by atoms with E-state index in [1.54, 1.807) is 36.4 Å². The summed E-state index contributed by atoms with van der Waals surface area (Å²) in [7, 11) is 0. The van der Waals surface area contributed by atoms with Gasteiger partial charge in [0.25, 0.3) is 0 Å². The number of pyridine rings is 2. The maximum absolute atomic E-state index is 13.3. The maximum Gasteiger partial charge on any atom is 0.248 e. The number of hydrogen-bond acceptors (Lipinski definition) is 7. The Balaban J connectivity index is 1.71. The first-order valence-corrected chi connectivity index (χ1v) is 11.1. The number of nitrogens with one attached hydrogen (secondary N) is 2. The average molecular weight is 468 g/mol. The van der Waals surface area contributed by atoms with Crippen molar-refractivity contribution in [2.24, 2.45) is 11.7 Å². The van der Waals surface area contributed by atoms with Crippen molar-refractivity contribution in [3.63, 3.8) is 0 Å². The number of alkyl halides is 2. The number of anilines is 2. The predicted molar refractivity (Wildman–Crippen MR) is 127 cm³/mol. The second-order valence-electron chi connectivity index (χ2n) is 8.31. The summed E-state index contributed by atoms with van der Waals surface area (Å²) in [5.41, 5.74) is 9.75. The Labute approximate surface area is 196 Å². The molecule has 178 valence electrons. The van der Waals surface area contributed by atoms with Gasteiger partial charge in [-0.25, -0.2) is 13.8 Å². The van der Waals surface area contributed by atoms with Crippen molar-refractivity contribution in [3.05, 3.63) is 65.5 Å². The average Bonchev–Trinajstić information content (AvgIpc) is 2.82. The van der Waals surface area contributed by atoms with E-state index in [1.807, 2.05) is 19.1 Å². The molecule has 1 atom stereocenters. The molecule has 0 unspecified atom stereocenters. The molecule has 0 amide bonds. The Morgan fingerprint density at radius 3 is 2.68 bits per heavy atom. The molecule has 0 spiro atoms. The van der Waals surface area contributed by atoms with Crippen molar-refractivity contribution in [1.29, 1.82) is 5.41 Å². The zero-order valence-corrected chi connectivity index (χ0v) is 18.8. The Bertz CT molecular complexity index is 1180. The topological polar surface area (TPSA) is 117 Å². The summed E-state index contributed by atoms with van der Waals surface area (Å²) in [4.78, 5) is 9.02. The summed E-state index contributed by atoms with van der Waals surface area (Å²) in [5.74, 6) is -1.95. The van der Waals surface area contributed by atoms with Crippen LogP contribution in [0.5, 0.6) is 5.75 Å². The Hall–Kier alpha value is -3.43. The molecule has 7 nitrogen and oxygen atoms in total. The molecule has 5 N–H and O–H groups in total. The molecule has 3 aromatic rings. The smallest absolute Gasteiger partial charge is 0.248 e. The quantitative estimate of drug-likeness (QED) is 0.335. The van der Waals surface area contributed by atoms with Gasteiger partial charge in [0.1, 0.15) is 11.6 Å². The minimum atomic E-state index is -2.64. The van der Waals surface area contributed by atoms with Gasteiger partial charge in [-0.05, 0) is 49.2 Å². The summed E-state index contributed by atoms with van der Waals surface area (Å²) in [5, 5.41) is 20.5. The van der Waals surface area contributed by atoms with Gasteiger partial charge >= 0.3 is 0 Å². The van der Waals surface area contributed by atoms with Gasteiger partial charge in [-0.3, -0.25) is 4.98 Å². The van der Waals surface area contributed by atoms with Gasteiger partial charge in [-0.1, -0.05) is 12.1 Å². The number of aliphatic hydroxyl groups excluding tert-OH is 1. The van der Waals surface area contributed by atoms with Crippen LogP contribution in [-0.4, -0.2) is 33.8 Å². The van der Waals surface area contributed by atoms with Crippen molar-refractivity contribution in [1.82, 2.24) is 9.97 Å². The number of hydrogen-bond donors (Lipinski definition) is 4.